The van der Waals surface area contributed by atoms with Crippen molar-refractivity contribution in [1.29, 1.82) is 0 Å². The molecule has 0 aromatic heterocycles. The Hall–Kier alpha value is -1.68. The van der Waals surface area contributed by atoms with Crippen LogP contribution < -0.4 is 5.32 Å². The third kappa shape index (κ3) is 5.10. The molecule has 0 aliphatic carbocycles. The van der Waals surface area contributed by atoms with E-state index < -0.39 is 0 Å². The summed E-state index contributed by atoms with van der Waals surface area (Å²) in [6, 6.07) is 5.87. The highest BCUT2D eigenvalue weighted by atomic mass is 19.1. The number of aliphatic hydroxyl groups excluding tert-OH is 1. The average molecular weight is 251 g/mol. The van der Waals surface area contributed by atoms with Gasteiger partial charge in [-0.05, 0) is 23.8 Å². The molecule has 1 aromatic rings. The van der Waals surface area contributed by atoms with Crippen molar-refractivity contribution in [1.82, 2.24) is 5.32 Å². The molecule has 1 aromatic carbocycles. The number of carbonyl (C=O) groups excluding carboxylic acids is 1. The summed E-state index contributed by atoms with van der Waals surface area (Å²) in [4.78, 5) is 11.5. The zero-order chi connectivity index (χ0) is 13.6. The van der Waals surface area contributed by atoms with E-state index >= 15 is 0 Å². The van der Waals surface area contributed by atoms with Gasteiger partial charge in [0.05, 0.1) is 0 Å². The molecule has 0 aliphatic rings. The van der Waals surface area contributed by atoms with E-state index in [2.05, 4.69) is 5.32 Å². The van der Waals surface area contributed by atoms with Gasteiger partial charge in [-0.1, -0.05) is 26.0 Å². The average Bonchev–Trinajstić information content (AvgIpc) is 2.36. The van der Waals surface area contributed by atoms with Crippen LogP contribution >= 0.6 is 0 Å². The van der Waals surface area contributed by atoms with E-state index in [9.17, 15) is 9.18 Å². The van der Waals surface area contributed by atoms with Gasteiger partial charge >= 0.3 is 0 Å². The first-order valence-electron chi connectivity index (χ1n) is 5.75. The number of aliphatic hydroxyl groups is 1. The SMILES string of the molecule is CC(C)(CO)CNC(=O)/C=C/c1ccc(F)cc1. The van der Waals surface area contributed by atoms with Crippen LogP contribution in [0.3, 0.4) is 0 Å². The van der Waals surface area contributed by atoms with Gasteiger partial charge in [0.1, 0.15) is 5.82 Å². The minimum absolute atomic E-state index is 0.00889. The first-order valence-corrected chi connectivity index (χ1v) is 5.75. The summed E-state index contributed by atoms with van der Waals surface area (Å²) >= 11 is 0. The molecule has 0 bridgehead atoms. The first kappa shape index (κ1) is 14.4. The van der Waals surface area contributed by atoms with Crippen molar-refractivity contribution < 1.29 is 14.3 Å². The van der Waals surface area contributed by atoms with Crippen molar-refractivity contribution in [3.63, 3.8) is 0 Å². The molecule has 0 spiro atoms. The smallest absolute Gasteiger partial charge is 0.244 e. The highest BCUT2D eigenvalue weighted by molar-refractivity contribution is 5.91. The number of amides is 1. The Kier molecular flexibility index (Phi) is 5.04. The lowest BCUT2D eigenvalue weighted by Crippen LogP contribution is -2.35. The predicted molar refractivity (Wildman–Crippen MR) is 69.3 cm³/mol. The topological polar surface area (TPSA) is 49.3 Å². The number of hydrogen-bond acceptors (Lipinski definition) is 2. The molecule has 0 atom stereocenters. The third-order valence-electron chi connectivity index (χ3n) is 2.47. The lowest BCUT2D eigenvalue weighted by Gasteiger charge is -2.21. The second-order valence-electron chi connectivity index (χ2n) is 4.93. The highest BCUT2D eigenvalue weighted by Gasteiger charge is 2.16. The maximum atomic E-state index is 12.6. The molecule has 18 heavy (non-hydrogen) atoms. The van der Waals surface area contributed by atoms with Crippen molar-refractivity contribution >= 4 is 12.0 Å². The molecular formula is C14H18FNO2. The molecule has 1 rings (SSSR count). The number of carbonyl (C=O) groups is 1. The molecule has 0 unspecified atom stereocenters. The second kappa shape index (κ2) is 6.31. The Labute approximate surface area is 106 Å². The number of benzene rings is 1. The Bertz CT molecular complexity index is 424. The van der Waals surface area contributed by atoms with Crippen LogP contribution in [0.1, 0.15) is 19.4 Å². The van der Waals surface area contributed by atoms with Crippen LogP contribution in [0.4, 0.5) is 4.39 Å². The van der Waals surface area contributed by atoms with Crippen LogP contribution in [0.2, 0.25) is 0 Å². The minimum Gasteiger partial charge on any atom is -0.396 e. The van der Waals surface area contributed by atoms with Crippen LogP contribution in [0.25, 0.3) is 6.08 Å². The number of rotatable bonds is 5. The highest BCUT2D eigenvalue weighted by Crippen LogP contribution is 2.11. The van der Waals surface area contributed by atoms with E-state index in [1.54, 1.807) is 18.2 Å². The molecule has 0 saturated carbocycles. The van der Waals surface area contributed by atoms with Gasteiger partial charge in [0.2, 0.25) is 5.91 Å². The summed E-state index contributed by atoms with van der Waals surface area (Å²) in [6.45, 7) is 4.12. The van der Waals surface area contributed by atoms with Crippen LogP contribution in [0.15, 0.2) is 30.3 Å². The summed E-state index contributed by atoms with van der Waals surface area (Å²) in [5, 5.41) is 11.7. The van der Waals surface area contributed by atoms with E-state index in [0.717, 1.165) is 5.56 Å². The van der Waals surface area contributed by atoms with Crippen molar-refractivity contribution in [3.05, 3.63) is 41.7 Å². The molecule has 98 valence electrons. The molecule has 2 N–H and O–H groups in total. The van der Waals surface area contributed by atoms with Crippen molar-refractivity contribution in [3.8, 4) is 0 Å². The molecule has 0 heterocycles. The maximum Gasteiger partial charge on any atom is 0.244 e. The lowest BCUT2D eigenvalue weighted by molar-refractivity contribution is -0.116. The zero-order valence-corrected chi connectivity index (χ0v) is 10.6. The van der Waals surface area contributed by atoms with Crippen LogP contribution in [-0.2, 0) is 4.79 Å². The van der Waals surface area contributed by atoms with Gasteiger partial charge in [0.15, 0.2) is 0 Å². The van der Waals surface area contributed by atoms with Crippen LogP contribution in [0.5, 0.6) is 0 Å². The molecule has 4 heteroatoms. The Morgan fingerprint density at radius 2 is 2.00 bits per heavy atom. The van der Waals surface area contributed by atoms with Gasteiger partial charge in [0, 0.05) is 24.6 Å². The van der Waals surface area contributed by atoms with E-state index in [4.69, 9.17) is 5.11 Å². The monoisotopic (exact) mass is 251 g/mol. The Morgan fingerprint density at radius 3 is 2.56 bits per heavy atom. The van der Waals surface area contributed by atoms with Gasteiger partial charge in [-0.2, -0.15) is 0 Å². The molecule has 1 amide bonds. The number of halogens is 1. The van der Waals surface area contributed by atoms with Crippen molar-refractivity contribution in [2.24, 2.45) is 5.41 Å². The lowest BCUT2D eigenvalue weighted by atomic mass is 9.95. The van der Waals surface area contributed by atoms with Crippen LogP contribution in [0, 0.1) is 11.2 Å². The fourth-order valence-corrected chi connectivity index (χ4v) is 1.19. The summed E-state index contributed by atoms with van der Waals surface area (Å²) in [7, 11) is 0. The van der Waals surface area contributed by atoms with Gasteiger partial charge < -0.3 is 10.4 Å². The van der Waals surface area contributed by atoms with E-state index in [1.807, 2.05) is 13.8 Å². The molecule has 0 saturated heterocycles. The number of nitrogens with one attached hydrogen (secondary N) is 1. The fourth-order valence-electron chi connectivity index (χ4n) is 1.19. The zero-order valence-electron chi connectivity index (χ0n) is 10.6. The van der Waals surface area contributed by atoms with Crippen molar-refractivity contribution in [2.75, 3.05) is 13.2 Å². The van der Waals surface area contributed by atoms with E-state index in [-0.39, 0.29) is 23.7 Å². The van der Waals surface area contributed by atoms with Gasteiger partial charge in [-0.25, -0.2) is 4.39 Å². The maximum absolute atomic E-state index is 12.6. The standard InChI is InChI=1S/C14H18FNO2/c1-14(2,10-17)9-16-13(18)8-5-11-3-6-12(15)7-4-11/h3-8,17H,9-10H2,1-2H3,(H,16,18)/b8-5+. The van der Waals surface area contributed by atoms with Gasteiger partial charge in [0.25, 0.3) is 0 Å². The molecule has 0 aliphatic heterocycles. The predicted octanol–water partition coefficient (Wildman–Crippen LogP) is 1.97. The summed E-state index contributed by atoms with van der Waals surface area (Å²) in [6.07, 6.45) is 3.00. The first-order chi connectivity index (χ1) is 8.43. The summed E-state index contributed by atoms with van der Waals surface area (Å²) in [5.41, 5.74) is 0.423. The van der Waals surface area contributed by atoms with Gasteiger partial charge in [-0.15, -0.1) is 0 Å². The molecule has 0 radical (unpaired) electrons. The quantitative estimate of drug-likeness (QED) is 0.786. The normalized spacial score (nSPS) is 11.8. The van der Waals surface area contributed by atoms with Crippen LogP contribution in [-0.4, -0.2) is 24.2 Å². The molecular weight excluding hydrogens is 233 g/mol. The Balaban J connectivity index is 2.47. The molecule has 3 nitrogen and oxygen atoms in total. The fraction of sp³-hybridized carbons (Fsp3) is 0.357. The van der Waals surface area contributed by atoms with E-state index in [0.29, 0.717) is 6.54 Å². The van der Waals surface area contributed by atoms with Crippen molar-refractivity contribution in [2.45, 2.75) is 13.8 Å². The van der Waals surface area contributed by atoms with Gasteiger partial charge in [-0.3, -0.25) is 4.79 Å². The number of hydrogen-bond donors (Lipinski definition) is 2. The summed E-state index contributed by atoms with van der Waals surface area (Å²) < 4.78 is 12.6. The molecule has 0 fully saturated rings. The summed E-state index contributed by atoms with van der Waals surface area (Å²) in [5.74, 6) is -0.540. The largest absolute Gasteiger partial charge is 0.396 e. The second-order valence-corrected chi connectivity index (χ2v) is 4.93. The third-order valence-corrected chi connectivity index (χ3v) is 2.47. The minimum atomic E-state index is -0.334. The van der Waals surface area contributed by atoms with E-state index in [1.165, 1.54) is 18.2 Å². The Morgan fingerprint density at radius 1 is 1.39 bits per heavy atom.